The Morgan fingerprint density at radius 1 is 1.28 bits per heavy atom. The van der Waals surface area contributed by atoms with Gasteiger partial charge in [-0.15, -0.1) is 11.3 Å². The fourth-order valence-corrected chi connectivity index (χ4v) is 4.45. The van der Waals surface area contributed by atoms with Crippen LogP contribution in [0.4, 0.5) is 0 Å². The molecule has 1 saturated heterocycles. The van der Waals surface area contributed by atoms with Gasteiger partial charge in [0.25, 0.3) is 0 Å². The van der Waals surface area contributed by atoms with E-state index in [0.29, 0.717) is 5.56 Å². The molecule has 6 heteroatoms. The molecule has 0 unspecified atom stereocenters. The van der Waals surface area contributed by atoms with Crippen molar-refractivity contribution in [1.82, 2.24) is 14.5 Å². The van der Waals surface area contributed by atoms with Crippen LogP contribution in [-0.4, -0.2) is 53.1 Å². The SMILES string of the molecule is Cc1cc2cc(C(=O)c3cccnc3)sc2n1CCN1CCOCC1. The van der Waals surface area contributed by atoms with Crippen LogP contribution in [0.15, 0.2) is 36.7 Å². The van der Waals surface area contributed by atoms with Crippen molar-refractivity contribution in [3.63, 3.8) is 0 Å². The van der Waals surface area contributed by atoms with E-state index in [9.17, 15) is 4.79 Å². The molecule has 0 N–H and O–H groups in total. The zero-order valence-corrected chi connectivity index (χ0v) is 15.1. The second-order valence-electron chi connectivity index (χ2n) is 6.33. The van der Waals surface area contributed by atoms with Crippen LogP contribution in [0.25, 0.3) is 10.2 Å². The molecule has 25 heavy (non-hydrogen) atoms. The fraction of sp³-hybridized carbons (Fsp3) is 0.368. The van der Waals surface area contributed by atoms with Gasteiger partial charge in [-0.2, -0.15) is 0 Å². The number of fused-ring (bicyclic) bond motifs is 1. The minimum absolute atomic E-state index is 0.0479. The van der Waals surface area contributed by atoms with E-state index in [0.717, 1.165) is 49.7 Å². The van der Waals surface area contributed by atoms with E-state index in [-0.39, 0.29) is 5.78 Å². The van der Waals surface area contributed by atoms with Crippen LogP contribution >= 0.6 is 11.3 Å². The Hall–Kier alpha value is -2.02. The number of aromatic nitrogens is 2. The maximum atomic E-state index is 12.7. The van der Waals surface area contributed by atoms with Crippen molar-refractivity contribution in [2.45, 2.75) is 13.5 Å². The minimum atomic E-state index is 0.0479. The number of aryl methyl sites for hydroxylation is 1. The average Bonchev–Trinajstić information content (AvgIpc) is 3.18. The van der Waals surface area contributed by atoms with Gasteiger partial charge in [0.05, 0.1) is 18.1 Å². The summed E-state index contributed by atoms with van der Waals surface area (Å²) in [6.45, 7) is 7.73. The van der Waals surface area contributed by atoms with Crippen molar-refractivity contribution in [3.8, 4) is 0 Å². The molecule has 4 rings (SSSR count). The number of ketones is 1. The molecule has 5 nitrogen and oxygen atoms in total. The number of nitrogens with zero attached hydrogens (tertiary/aromatic N) is 3. The Morgan fingerprint density at radius 3 is 2.88 bits per heavy atom. The number of carbonyl (C=O) groups is 1. The van der Waals surface area contributed by atoms with E-state index in [1.54, 1.807) is 29.8 Å². The first-order chi connectivity index (χ1) is 12.2. The van der Waals surface area contributed by atoms with Gasteiger partial charge in [-0.1, -0.05) is 0 Å². The monoisotopic (exact) mass is 355 g/mol. The van der Waals surface area contributed by atoms with E-state index in [1.807, 2.05) is 12.1 Å². The predicted octanol–water partition coefficient (Wildman–Crippen LogP) is 2.97. The summed E-state index contributed by atoms with van der Waals surface area (Å²) >= 11 is 1.58. The highest BCUT2D eigenvalue weighted by Crippen LogP contribution is 2.30. The lowest BCUT2D eigenvalue weighted by Gasteiger charge is -2.26. The van der Waals surface area contributed by atoms with E-state index in [1.165, 1.54) is 10.5 Å². The summed E-state index contributed by atoms with van der Waals surface area (Å²) in [5.74, 6) is 0.0479. The van der Waals surface area contributed by atoms with Crippen molar-refractivity contribution in [2.24, 2.45) is 0 Å². The van der Waals surface area contributed by atoms with Gasteiger partial charge in [0, 0.05) is 55.2 Å². The smallest absolute Gasteiger partial charge is 0.204 e. The summed E-state index contributed by atoms with van der Waals surface area (Å²) in [7, 11) is 0. The van der Waals surface area contributed by atoms with Crippen molar-refractivity contribution >= 4 is 27.3 Å². The molecule has 1 aliphatic heterocycles. The summed E-state index contributed by atoms with van der Waals surface area (Å²) < 4.78 is 7.74. The van der Waals surface area contributed by atoms with E-state index >= 15 is 0 Å². The molecule has 1 fully saturated rings. The van der Waals surface area contributed by atoms with Gasteiger partial charge >= 0.3 is 0 Å². The number of rotatable bonds is 5. The first kappa shape index (κ1) is 16.4. The third-order valence-corrected chi connectivity index (χ3v) is 5.84. The third kappa shape index (κ3) is 3.38. The zero-order valence-electron chi connectivity index (χ0n) is 14.3. The molecule has 4 heterocycles. The predicted molar refractivity (Wildman–Crippen MR) is 99.5 cm³/mol. The van der Waals surface area contributed by atoms with Crippen LogP contribution in [0.1, 0.15) is 20.9 Å². The largest absolute Gasteiger partial charge is 0.379 e. The molecular weight excluding hydrogens is 334 g/mol. The molecule has 0 aromatic carbocycles. The topological polar surface area (TPSA) is 47.4 Å². The number of hydrogen-bond acceptors (Lipinski definition) is 5. The summed E-state index contributed by atoms with van der Waals surface area (Å²) in [6, 6.07) is 7.80. The van der Waals surface area contributed by atoms with Gasteiger partial charge < -0.3 is 9.30 Å². The van der Waals surface area contributed by atoms with Crippen molar-refractivity contribution < 1.29 is 9.53 Å². The molecule has 0 amide bonds. The van der Waals surface area contributed by atoms with Gasteiger partial charge in [0.15, 0.2) is 0 Å². The van der Waals surface area contributed by atoms with Crippen LogP contribution in [0.2, 0.25) is 0 Å². The number of morpholine rings is 1. The lowest BCUT2D eigenvalue weighted by molar-refractivity contribution is 0.0365. The Kier molecular flexibility index (Phi) is 4.65. The first-order valence-electron chi connectivity index (χ1n) is 8.57. The number of thiophene rings is 1. The van der Waals surface area contributed by atoms with Crippen LogP contribution in [0.5, 0.6) is 0 Å². The van der Waals surface area contributed by atoms with Crippen LogP contribution in [0, 0.1) is 6.92 Å². The Bertz CT molecular complexity index is 879. The first-order valence-corrected chi connectivity index (χ1v) is 9.38. The highest BCUT2D eigenvalue weighted by Gasteiger charge is 2.17. The molecule has 0 aliphatic carbocycles. The van der Waals surface area contributed by atoms with E-state index in [2.05, 4.69) is 27.4 Å². The number of pyridine rings is 1. The molecule has 3 aromatic heterocycles. The van der Waals surface area contributed by atoms with Gasteiger partial charge in [-0.3, -0.25) is 14.7 Å². The normalized spacial score (nSPS) is 15.7. The number of ether oxygens (including phenoxy) is 1. The van der Waals surface area contributed by atoms with Crippen molar-refractivity contribution in [1.29, 1.82) is 0 Å². The minimum Gasteiger partial charge on any atom is -0.379 e. The molecule has 0 bridgehead atoms. The average molecular weight is 355 g/mol. The van der Waals surface area contributed by atoms with E-state index in [4.69, 9.17) is 4.74 Å². The van der Waals surface area contributed by atoms with Crippen LogP contribution in [0.3, 0.4) is 0 Å². The standard InChI is InChI=1S/C19H21N3O2S/c1-14-11-16-12-17(18(23)15-3-2-4-20-13-15)25-19(16)22(14)6-5-21-7-9-24-10-8-21/h2-4,11-13H,5-10H2,1H3. The van der Waals surface area contributed by atoms with Gasteiger partial charge in [0.2, 0.25) is 5.78 Å². The Labute approximate surface area is 150 Å². The number of hydrogen-bond donors (Lipinski definition) is 0. The molecule has 1 aliphatic rings. The molecule has 130 valence electrons. The maximum Gasteiger partial charge on any atom is 0.204 e. The molecule has 3 aromatic rings. The van der Waals surface area contributed by atoms with Gasteiger partial charge in [0.1, 0.15) is 4.83 Å². The lowest BCUT2D eigenvalue weighted by atomic mass is 10.1. The lowest BCUT2D eigenvalue weighted by Crippen LogP contribution is -2.38. The van der Waals surface area contributed by atoms with Gasteiger partial charge in [-0.05, 0) is 31.2 Å². The molecule has 0 saturated carbocycles. The number of carbonyl (C=O) groups excluding carboxylic acids is 1. The summed E-state index contributed by atoms with van der Waals surface area (Å²) in [6.07, 6.45) is 3.31. The molecule has 0 radical (unpaired) electrons. The van der Waals surface area contributed by atoms with E-state index < -0.39 is 0 Å². The fourth-order valence-electron chi connectivity index (χ4n) is 3.27. The molecule has 0 spiro atoms. The Morgan fingerprint density at radius 2 is 2.12 bits per heavy atom. The van der Waals surface area contributed by atoms with Crippen molar-refractivity contribution in [3.05, 3.63) is 52.8 Å². The summed E-state index contributed by atoms with van der Waals surface area (Å²) in [5.41, 5.74) is 1.89. The Balaban J connectivity index is 1.56. The quantitative estimate of drug-likeness (QED) is 0.660. The highest BCUT2D eigenvalue weighted by molar-refractivity contribution is 7.20. The molecule has 0 atom stereocenters. The second-order valence-corrected chi connectivity index (χ2v) is 7.36. The van der Waals surface area contributed by atoms with Crippen LogP contribution < -0.4 is 0 Å². The van der Waals surface area contributed by atoms with Gasteiger partial charge in [-0.25, -0.2) is 0 Å². The maximum absolute atomic E-state index is 12.7. The second kappa shape index (κ2) is 7.07. The van der Waals surface area contributed by atoms with Crippen molar-refractivity contribution in [2.75, 3.05) is 32.8 Å². The molecular formula is C19H21N3O2S. The summed E-state index contributed by atoms with van der Waals surface area (Å²) in [5, 5.41) is 1.15. The zero-order chi connectivity index (χ0) is 17.2. The van der Waals surface area contributed by atoms with Crippen LogP contribution in [-0.2, 0) is 11.3 Å². The third-order valence-electron chi connectivity index (χ3n) is 4.67. The summed E-state index contributed by atoms with van der Waals surface area (Å²) in [4.78, 5) is 21.1. The highest BCUT2D eigenvalue weighted by atomic mass is 32.1.